The number of esters is 1. The highest BCUT2D eigenvalue weighted by molar-refractivity contribution is 6.08. The van der Waals surface area contributed by atoms with Crippen molar-refractivity contribution in [1.82, 2.24) is 20.5 Å². The van der Waals surface area contributed by atoms with E-state index in [-0.39, 0.29) is 30.2 Å². The van der Waals surface area contributed by atoms with Gasteiger partial charge in [-0.1, -0.05) is 61.9 Å². The molecule has 6 rings (SSSR count). The van der Waals surface area contributed by atoms with Crippen molar-refractivity contribution in [2.24, 2.45) is 11.8 Å². The lowest BCUT2D eigenvalue weighted by atomic mass is 10.0. The Labute approximate surface area is 305 Å². The van der Waals surface area contributed by atoms with E-state index in [1.165, 1.54) is 12.1 Å². The number of rotatable bonds is 5. The van der Waals surface area contributed by atoms with Crippen LogP contribution in [0.4, 0.5) is 9.18 Å². The lowest BCUT2D eigenvalue weighted by Crippen LogP contribution is -2.53. The molecule has 3 heterocycles. The van der Waals surface area contributed by atoms with Gasteiger partial charge in [-0.15, -0.1) is 5.73 Å². The Bertz CT molecular complexity index is 1960. The fourth-order valence-corrected chi connectivity index (χ4v) is 7.55. The van der Waals surface area contributed by atoms with E-state index in [9.17, 15) is 18.8 Å². The fourth-order valence-electron chi connectivity index (χ4n) is 7.55. The van der Waals surface area contributed by atoms with Crippen molar-refractivity contribution in [3.63, 3.8) is 0 Å². The number of hydrogen-bond acceptors (Lipinski definition) is 7. The number of benzene rings is 2. The summed E-state index contributed by atoms with van der Waals surface area (Å²) in [6.07, 6.45) is 12.6. The molecule has 3 aliphatic rings. The van der Waals surface area contributed by atoms with Gasteiger partial charge in [0.2, 0.25) is 5.91 Å². The highest BCUT2D eigenvalue weighted by atomic mass is 19.1. The average Bonchev–Trinajstić information content (AvgIpc) is 3.62. The lowest BCUT2D eigenvalue weighted by Gasteiger charge is -2.33. The number of alkyl carbamates (subject to hydrolysis) is 1. The summed E-state index contributed by atoms with van der Waals surface area (Å²) in [5.74, 6) is -1.37. The Balaban J connectivity index is 1.36. The van der Waals surface area contributed by atoms with E-state index in [1.54, 1.807) is 13.0 Å². The van der Waals surface area contributed by atoms with Crippen molar-refractivity contribution >= 4 is 45.7 Å². The molecule has 0 bridgehead atoms. The SMILES string of the molecule is C=C=C1[C@@H](NC(=O)OC(C)(C)C)CCCCC/C=C\C2CC2(C(=O)OCC)NC(=O)C2C[C@@H](/C=C/c3nc4cc(F)ccc4c4ccccc34)CN12. The Kier molecular flexibility index (Phi) is 10.9. The van der Waals surface area contributed by atoms with E-state index in [4.69, 9.17) is 14.5 Å². The normalized spacial score (nSPS) is 26.1. The number of nitrogens with one attached hydrogen (secondary N) is 2. The van der Waals surface area contributed by atoms with Crippen LogP contribution in [0.1, 0.15) is 78.3 Å². The molecule has 274 valence electrons. The van der Waals surface area contributed by atoms with Gasteiger partial charge in [0.15, 0.2) is 0 Å². The van der Waals surface area contributed by atoms with Crippen molar-refractivity contribution in [3.05, 3.63) is 90.2 Å². The Morgan fingerprint density at radius 1 is 1.15 bits per heavy atom. The van der Waals surface area contributed by atoms with Crippen molar-refractivity contribution in [2.45, 2.75) is 95.9 Å². The first-order chi connectivity index (χ1) is 24.9. The molecule has 3 unspecified atom stereocenters. The molecule has 2 aromatic carbocycles. The molecule has 2 fully saturated rings. The number of pyridine rings is 1. The van der Waals surface area contributed by atoms with Crippen LogP contribution in [0.15, 0.2) is 78.7 Å². The van der Waals surface area contributed by atoms with Crippen molar-refractivity contribution in [1.29, 1.82) is 0 Å². The zero-order chi connectivity index (χ0) is 37.0. The van der Waals surface area contributed by atoms with Gasteiger partial charge < -0.3 is 25.0 Å². The number of allylic oxidation sites excluding steroid dienone is 1. The molecule has 52 heavy (non-hydrogen) atoms. The van der Waals surface area contributed by atoms with Gasteiger partial charge in [0.1, 0.15) is 23.0 Å². The Morgan fingerprint density at radius 3 is 2.69 bits per heavy atom. The molecule has 2 aliphatic heterocycles. The first-order valence-electron chi connectivity index (χ1n) is 18.4. The number of nitrogens with zero attached hydrogens (tertiary/aromatic N) is 2. The molecule has 1 aliphatic carbocycles. The highest BCUT2D eigenvalue weighted by Gasteiger charge is 2.62. The standard InChI is InChI=1S/C42H49FN4O5/c1-6-36-34(45-40(50)52-41(3,4)5)18-12-10-8-9-11-15-28-25-42(28,39(49)51-7-2)46-38(48)37-23-27(26-47(36)37)19-22-33-31-17-14-13-16-30(31)32-21-20-29(43)24-35(32)44-33/h11,13-17,19-22,24,27-28,34,37H,1,7-10,12,18,23,25-26H2,2-5H3,(H,45,50)(H,46,48)/b15-11-,22-19+/t27-,28?,34+,37?,42?/m1/s1. The highest BCUT2D eigenvalue weighted by Crippen LogP contribution is 2.46. The van der Waals surface area contributed by atoms with Crippen molar-refractivity contribution in [3.8, 4) is 0 Å². The fraction of sp³-hybridized carbons (Fsp3) is 0.452. The molecule has 0 spiro atoms. The van der Waals surface area contributed by atoms with Gasteiger partial charge in [-0.25, -0.2) is 19.0 Å². The molecule has 1 aromatic heterocycles. The maximum absolute atomic E-state index is 14.4. The summed E-state index contributed by atoms with van der Waals surface area (Å²) in [7, 11) is 0. The van der Waals surface area contributed by atoms with E-state index >= 15 is 0 Å². The molecular weight excluding hydrogens is 659 g/mol. The summed E-state index contributed by atoms with van der Waals surface area (Å²) in [5, 5.41) is 8.93. The maximum Gasteiger partial charge on any atom is 0.408 e. The number of fused-ring (bicyclic) bond motifs is 5. The molecule has 2 N–H and O–H groups in total. The molecule has 5 atom stereocenters. The van der Waals surface area contributed by atoms with Gasteiger partial charge in [0.25, 0.3) is 0 Å². The van der Waals surface area contributed by atoms with Gasteiger partial charge >= 0.3 is 12.1 Å². The summed E-state index contributed by atoms with van der Waals surface area (Å²) >= 11 is 0. The summed E-state index contributed by atoms with van der Waals surface area (Å²) in [6.45, 7) is 11.9. The number of carbonyl (C=O) groups is 3. The minimum Gasteiger partial charge on any atom is -0.464 e. The average molecular weight is 709 g/mol. The summed E-state index contributed by atoms with van der Waals surface area (Å²) in [5.41, 5.74) is 3.11. The smallest absolute Gasteiger partial charge is 0.408 e. The van der Waals surface area contributed by atoms with Gasteiger partial charge in [-0.3, -0.25) is 4.79 Å². The zero-order valence-electron chi connectivity index (χ0n) is 30.5. The van der Waals surface area contributed by atoms with Crippen LogP contribution in [0.2, 0.25) is 0 Å². The Hall–Kier alpha value is -4.95. The summed E-state index contributed by atoms with van der Waals surface area (Å²) < 4.78 is 25.4. The van der Waals surface area contributed by atoms with Crippen molar-refractivity contribution < 1.29 is 28.2 Å². The molecule has 10 heteroatoms. The van der Waals surface area contributed by atoms with E-state index < -0.39 is 35.3 Å². The molecule has 3 aromatic rings. The van der Waals surface area contributed by atoms with Crippen LogP contribution in [-0.2, 0) is 19.1 Å². The van der Waals surface area contributed by atoms with Crippen LogP contribution in [-0.4, -0.2) is 64.2 Å². The Morgan fingerprint density at radius 2 is 1.94 bits per heavy atom. The molecule has 2 amide bonds. The molecular formula is C42H49FN4O5. The molecule has 1 saturated carbocycles. The van der Waals surface area contributed by atoms with Crippen molar-refractivity contribution in [2.75, 3.05) is 13.2 Å². The van der Waals surface area contributed by atoms with Gasteiger partial charge in [-0.2, -0.15) is 0 Å². The number of ether oxygens (including phenoxy) is 2. The van der Waals surface area contributed by atoms with E-state index in [0.29, 0.717) is 42.7 Å². The third-order valence-corrected chi connectivity index (χ3v) is 10.1. The topological polar surface area (TPSA) is 110 Å². The number of aromatic nitrogens is 1. The lowest BCUT2D eigenvalue weighted by molar-refractivity contribution is -0.149. The minimum atomic E-state index is -1.13. The quantitative estimate of drug-likeness (QED) is 0.121. The zero-order valence-corrected chi connectivity index (χ0v) is 30.5. The third kappa shape index (κ3) is 8.07. The van der Waals surface area contributed by atoms with E-state index in [1.807, 2.05) is 68.2 Å². The van der Waals surface area contributed by atoms with E-state index in [2.05, 4.69) is 29.0 Å². The predicted molar refractivity (Wildman–Crippen MR) is 200 cm³/mol. The molecule has 0 radical (unpaired) electrons. The minimum absolute atomic E-state index is 0.127. The number of amides is 2. The third-order valence-electron chi connectivity index (χ3n) is 10.1. The summed E-state index contributed by atoms with van der Waals surface area (Å²) in [4.78, 5) is 47.7. The van der Waals surface area contributed by atoms with Crippen LogP contribution >= 0.6 is 0 Å². The second-order valence-corrected chi connectivity index (χ2v) is 15.0. The van der Waals surface area contributed by atoms with Crippen LogP contribution in [0.3, 0.4) is 0 Å². The van der Waals surface area contributed by atoms with Gasteiger partial charge in [0, 0.05) is 29.3 Å². The van der Waals surface area contributed by atoms with Gasteiger partial charge in [0.05, 0.1) is 29.6 Å². The first kappa shape index (κ1) is 36.8. The first-order valence-corrected chi connectivity index (χ1v) is 18.4. The number of carbonyl (C=O) groups excluding carboxylic acids is 3. The molecule has 1 saturated heterocycles. The number of halogens is 1. The number of hydrogen-bond donors (Lipinski definition) is 2. The predicted octanol–water partition coefficient (Wildman–Crippen LogP) is 7.75. The second-order valence-electron chi connectivity index (χ2n) is 15.0. The summed E-state index contributed by atoms with van der Waals surface area (Å²) in [6, 6.07) is 11.3. The largest absolute Gasteiger partial charge is 0.464 e. The maximum atomic E-state index is 14.4. The van der Waals surface area contributed by atoms with Gasteiger partial charge in [-0.05, 0) is 89.3 Å². The monoisotopic (exact) mass is 708 g/mol. The van der Waals surface area contributed by atoms with Crippen LogP contribution in [0, 0.1) is 17.7 Å². The van der Waals surface area contributed by atoms with Crippen LogP contribution in [0.25, 0.3) is 27.8 Å². The molecule has 9 nitrogen and oxygen atoms in total. The second kappa shape index (κ2) is 15.3. The van der Waals surface area contributed by atoms with Crippen LogP contribution < -0.4 is 10.6 Å². The van der Waals surface area contributed by atoms with Crippen LogP contribution in [0.5, 0.6) is 0 Å². The van der Waals surface area contributed by atoms with E-state index in [0.717, 1.165) is 41.8 Å².